The van der Waals surface area contributed by atoms with E-state index >= 15 is 0 Å². The fraction of sp³-hybridized carbons (Fsp3) is 0.417. The van der Waals surface area contributed by atoms with Crippen molar-refractivity contribution in [3.63, 3.8) is 0 Å². The molecule has 182 valence electrons. The molecular weight excluding hydrogens is 472 g/mol. The number of nitrogens with zero attached hydrogens (tertiary/aromatic N) is 1. The number of hydrogen-bond acceptors (Lipinski definition) is 5. The van der Waals surface area contributed by atoms with E-state index in [1.54, 1.807) is 31.2 Å². The van der Waals surface area contributed by atoms with Gasteiger partial charge >= 0.3 is 6.18 Å². The molecule has 0 bridgehead atoms. The van der Waals surface area contributed by atoms with E-state index < -0.39 is 56.6 Å². The van der Waals surface area contributed by atoms with Gasteiger partial charge in [-0.1, -0.05) is 36.4 Å². The minimum atomic E-state index is -4.89. The van der Waals surface area contributed by atoms with Gasteiger partial charge in [-0.25, -0.2) is 12.8 Å². The number of nitrogens with one attached hydrogen (secondary N) is 1. The Morgan fingerprint density at radius 2 is 1.76 bits per heavy atom. The van der Waals surface area contributed by atoms with Crippen molar-refractivity contribution in [2.75, 3.05) is 5.75 Å². The minimum Gasteiger partial charge on any atom is -0.298 e. The van der Waals surface area contributed by atoms with E-state index in [-0.39, 0.29) is 12.0 Å². The lowest BCUT2D eigenvalue weighted by atomic mass is 9.96. The Labute approximate surface area is 195 Å². The van der Waals surface area contributed by atoms with Crippen LogP contribution < -0.4 is 5.32 Å². The number of carbonyl (C=O) groups excluding carboxylic acids is 1. The molecule has 1 aliphatic carbocycles. The SMILES string of the molecule is Cc1ccccc1CS(=O)(=O)C[C@H](N[C@@H](c1ccc(F)cc1)C(F)(F)F)C(=O)CC1(C#N)CC1. The number of sulfone groups is 1. The topological polar surface area (TPSA) is 87.0 Å². The predicted octanol–water partition coefficient (Wildman–Crippen LogP) is 4.57. The van der Waals surface area contributed by atoms with E-state index in [2.05, 4.69) is 5.32 Å². The van der Waals surface area contributed by atoms with E-state index in [0.29, 0.717) is 24.0 Å². The maximum absolute atomic E-state index is 13.9. The summed E-state index contributed by atoms with van der Waals surface area (Å²) in [6, 6.07) is 8.18. The Bertz CT molecular complexity index is 1180. The summed E-state index contributed by atoms with van der Waals surface area (Å²) in [7, 11) is -4.02. The Hall–Kier alpha value is -2.77. The maximum Gasteiger partial charge on any atom is 0.407 e. The number of alkyl halides is 3. The fourth-order valence-corrected chi connectivity index (χ4v) is 5.43. The number of benzene rings is 2. The molecule has 1 fully saturated rings. The van der Waals surface area contributed by atoms with Gasteiger partial charge in [-0.05, 0) is 48.6 Å². The molecule has 5 nitrogen and oxygen atoms in total. The summed E-state index contributed by atoms with van der Waals surface area (Å²) in [5.74, 6) is -2.82. The molecule has 10 heteroatoms. The third-order valence-electron chi connectivity index (χ3n) is 5.95. The van der Waals surface area contributed by atoms with E-state index in [9.17, 15) is 36.0 Å². The van der Waals surface area contributed by atoms with Crippen LogP contribution in [0.3, 0.4) is 0 Å². The molecule has 0 saturated heterocycles. The minimum absolute atomic E-state index is 0.338. The molecule has 1 aliphatic rings. The molecule has 0 amide bonds. The van der Waals surface area contributed by atoms with Crippen LogP contribution in [0, 0.1) is 29.5 Å². The van der Waals surface area contributed by atoms with Crippen molar-refractivity contribution in [1.29, 1.82) is 5.26 Å². The summed E-state index contributed by atoms with van der Waals surface area (Å²) >= 11 is 0. The first-order valence-corrected chi connectivity index (χ1v) is 12.4. The van der Waals surface area contributed by atoms with Crippen LogP contribution in [0.4, 0.5) is 17.6 Å². The molecule has 2 aromatic carbocycles. The Kier molecular flexibility index (Phi) is 7.48. The normalized spacial score (nSPS) is 16.9. The molecular formula is C24H24F4N2O3S. The van der Waals surface area contributed by atoms with Crippen molar-refractivity contribution in [2.24, 2.45) is 5.41 Å². The number of rotatable bonds is 10. The third-order valence-corrected chi connectivity index (χ3v) is 7.54. The molecule has 0 aliphatic heterocycles. The zero-order valence-corrected chi connectivity index (χ0v) is 19.2. The van der Waals surface area contributed by atoms with Gasteiger partial charge in [-0.15, -0.1) is 0 Å². The lowest BCUT2D eigenvalue weighted by Crippen LogP contribution is -2.48. The number of Topliss-reactive ketones (excluding diaryl/α,β-unsaturated/α-hetero) is 1. The first-order chi connectivity index (χ1) is 15.8. The summed E-state index contributed by atoms with van der Waals surface area (Å²) in [4.78, 5) is 13.0. The van der Waals surface area contributed by atoms with Crippen molar-refractivity contribution in [3.8, 4) is 6.07 Å². The lowest BCUT2D eigenvalue weighted by molar-refractivity contribution is -0.160. The maximum atomic E-state index is 13.9. The van der Waals surface area contributed by atoms with E-state index in [1.807, 2.05) is 6.07 Å². The number of aryl methyl sites for hydroxylation is 1. The van der Waals surface area contributed by atoms with Crippen LogP contribution in [0.5, 0.6) is 0 Å². The van der Waals surface area contributed by atoms with E-state index in [1.165, 1.54) is 0 Å². The Morgan fingerprint density at radius 1 is 1.15 bits per heavy atom. The zero-order chi connectivity index (χ0) is 25.1. The molecule has 1 saturated carbocycles. The van der Waals surface area contributed by atoms with Gasteiger partial charge in [0.25, 0.3) is 0 Å². The average Bonchev–Trinajstić information content (AvgIpc) is 3.52. The Morgan fingerprint density at radius 3 is 2.29 bits per heavy atom. The molecule has 34 heavy (non-hydrogen) atoms. The summed E-state index contributed by atoms with van der Waals surface area (Å²) in [6.45, 7) is 1.71. The molecule has 0 heterocycles. The van der Waals surface area contributed by atoms with Gasteiger partial charge in [-0.2, -0.15) is 18.4 Å². The second kappa shape index (κ2) is 9.84. The summed E-state index contributed by atoms with van der Waals surface area (Å²) in [5.41, 5.74) is -0.136. The quantitative estimate of drug-likeness (QED) is 0.487. The van der Waals surface area contributed by atoms with Gasteiger partial charge in [0, 0.05) is 6.42 Å². The second-order valence-electron chi connectivity index (χ2n) is 8.76. The highest BCUT2D eigenvalue weighted by molar-refractivity contribution is 7.90. The molecule has 0 aromatic heterocycles. The number of hydrogen-bond donors (Lipinski definition) is 1. The third kappa shape index (κ3) is 6.64. The fourth-order valence-electron chi connectivity index (χ4n) is 3.73. The van der Waals surface area contributed by atoms with Crippen molar-refractivity contribution < 1.29 is 30.8 Å². The highest BCUT2D eigenvalue weighted by Crippen LogP contribution is 2.48. The first-order valence-electron chi connectivity index (χ1n) is 10.6. The van der Waals surface area contributed by atoms with Gasteiger partial charge in [0.05, 0.1) is 29.0 Å². The first kappa shape index (κ1) is 25.8. The molecule has 2 atom stereocenters. The number of nitriles is 1. The number of carbonyl (C=O) groups is 1. The van der Waals surface area contributed by atoms with Crippen molar-refractivity contribution in [2.45, 2.75) is 50.2 Å². The van der Waals surface area contributed by atoms with Crippen LogP contribution in [0.15, 0.2) is 48.5 Å². The summed E-state index contributed by atoms with van der Waals surface area (Å²) in [5, 5.41) is 11.5. The lowest BCUT2D eigenvalue weighted by Gasteiger charge is -2.28. The van der Waals surface area contributed by atoms with Crippen LogP contribution in [-0.4, -0.2) is 32.2 Å². The Balaban J connectivity index is 1.90. The van der Waals surface area contributed by atoms with Crippen LogP contribution in [0.1, 0.15) is 42.0 Å². The van der Waals surface area contributed by atoms with Crippen LogP contribution in [-0.2, 0) is 20.4 Å². The molecule has 3 rings (SSSR count). The van der Waals surface area contributed by atoms with Gasteiger partial charge < -0.3 is 0 Å². The van der Waals surface area contributed by atoms with Crippen LogP contribution in [0.2, 0.25) is 0 Å². The van der Waals surface area contributed by atoms with Crippen LogP contribution >= 0.6 is 0 Å². The van der Waals surface area contributed by atoms with Gasteiger partial charge in [0.2, 0.25) is 0 Å². The summed E-state index contributed by atoms with van der Waals surface area (Å²) in [6.07, 6.45) is -4.37. The van der Waals surface area contributed by atoms with Crippen LogP contribution in [0.25, 0.3) is 0 Å². The smallest absolute Gasteiger partial charge is 0.298 e. The molecule has 1 N–H and O–H groups in total. The molecule has 0 spiro atoms. The van der Waals surface area contributed by atoms with Gasteiger partial charge in [0.1, 0.15) is 11.9 Å². The number of ketones is 1. The largest absolute Gasteiger partial charge is 0.407 e. The van der Waals surface area contributed by atoms with E-state index in [0.717, 1.165) is 24.3 Å². The van der Waals surface area contributed by atoms with Gasteiger partial charge in [-0.3, -0.25) is 10.1 Å². The van der Waals surface area contributed by atoms with Crippen molar-refractivity contribution in [3.05, 3.63) is 71.0 Å². The summed E-state index contributed by atoms with van der Waals surface area (Å²) < 4.78 is 80.9. The molecule has 0 unspecified atom stereocenters. The van der Waals surface area contributed by atoms with Crippen molar-refractivity contribution >= 4 is 15.6 Å². The highest BCUT2D eigenvalue weighted by Gasteiger charge is 2.48. The highest BCUT2D eigenvalue weighted by atomic mass is 32.2. The monoisotopic (exact) mass is 496 g/mol. The van der Waals surface area contributed by atoms with Crippen molar-refractivity contribution in [1.82, 2.24) is 5.32 Å². The average molecular weight is 497 g/mol. The van der Waals surface area contributed by atoms with Gasteiger partial charge in [0.15, 0.2) is 15.6 Å². The zero-order valence-electron chi connectivity index (χ0n) is 18.4. The second-order valence-corrected chi connectivity index (χ2v) is 10.9. The molecule has 2 aromatic rings. The number of halogens is 4. The predicted molar refractivity (Wildman–Crippen MR) is 118 cm³/mol. The molecule has 0 radical (unpaired) electrons. The standard InChI is InChI=1S/C24H24F4N2O3S/c1-16-4-2-3-5-18(16)13-34(32,33)14-20(21(31)12-23(15-29)10-11-23)30-22(24(26,27)28)17-6-8-19(25)9-7-17/h2-9,20,22,30H,10-14H2,1H3/t20-,22-/m0/s1. The van der Waals surface area contributed by atoms with E-state index in [4.69, 9.17) is 0 Å².